The number of sulfone groups is 1. The summed E-state index contributed by atoms with van der Waals surface area (Å²) in [6.45, 7) is 1.16. The van der Waals surface area contributed by atoms with Crippen molar-refractivity contribution in [1.82, 2.24) is 0 Å². The number of hydrogen-bond acceptors (Lipinski definition) is 9. The lowest BCUT2D eigenvalue weighted by molar-refractivity contribution is -0.547. The molecule has 1 unspecified atom stereocenters. The third-order valence-corrected chi connectivity index (χ3v) is 8.47. The molecule has 0 aliphatic carbocycles. The van der Waals surface area contributed by atoms with E-state index in [1.54, 1.807) is 25.3 Å². The van der Waals surface area contributed by atoms with Gasteiger partial charge in [0, 0.05) is 17.4 Å². The van der Waals surface area contributed by atoms with Gasteiger partial charge in [0.25, 0.3) is 9.84 Å². The molecule has 0 aromatic heterocycles. The van der Waals surface area contributed by atoms with E-state index in [0.717, 1.165) is 12.5 Å². The third-order valence-electron chi connectivity index (χ3n) is 6.11. The Labute approximate surface area is 219 Å². The van der Waals surface area contributed by atoms with Gasteiger partial charge in [0.15, 0.2) is 17.6 Å². The number of hydrogen-bond donors (Lipinski definition) is 0. The standard InChI is InChI=1S/C27H25NO9S/c1-27(28(30)31,38(32,33)22-6-4-3-5-7-22)25-14-15-26(37-25)36-23-13-10-20(17-29)16-24(23)35-18-19-8-11-21(34-2)12-9-19/h3-17,25-26H,18H2,1-2H3/t25-,26+,27?/m0/s1. The topological polar surface area (TPSA) is 131 Å². The molecule has 0 radical (unpaired) electrons. The van der Waals surface area contributed by atoms with Crippen LogP contribution in [0.15, 0.2) is 89.8 Å². The first-order valence-electron chi connectivity index (χ1n) is 11.5. The molecule has 0 amide bonds. The van der Waals surface area contributed by atoms with Crippen LogP contribution >= 0.6 is 0 Å². The second kappa shape index (κ2) is 11.0. The summed E-state index contributed by atoms with van der Waals surface area (Å²) in [6, 6.07) is 18.9. The molecule has 1 aliphatic heterocycles. The van der Waals surface area contributed by atoms with Gasteiger partial charge >= 0.3 is 4.87 Å². The number of nitrogens with zero attached hydrogens (tertiary/aromatic N) is 1. The van der Waals surface area contributed by atoms with E-state index in [9.17, 15) is 23.3 Å². The minimum absolute atomic E-state index is 0.154. The molecular formula is C27H25NO9S. The minimum Gasteiger partial charge on any atom is -0.497 e. The highest BCUT2D eigenvalue weighted by molar-refractivity contribution is 7.92. The SMILES string of the molecule is COc1ccc(COc2cc(C=O)ccc2O[C@H]2C=C[C@@H](C(C)([N+](=O)[O-])S(=O)(=O)c3ccccc3)O2)cc1. The van der Waals surface area contributed by atoms with Crippen molar-refractivity contribution in [3.63, 3.8) is 0 Å². The Bertz CT molecular complexity index is 1440. The van der Waals surface area contributed by atoms with Gasteiger partial charge < -0.3 is 18.9 Å². The molecule has 1 aliphatic rings. The highest BCUT2D eigenvalue weighted by atomic mass is 32.2. The molecule has 38 heavy (non-hydrogen) atoms. The van der Waals surface area contributed by atoms with Gasteiger partial charge in [-0.2, -0.15) is 0 Å². The van der Waals surface area contributed by atoms with Crippen LogP contribution < -0.4 is 14.2 Å². The van der Waals surface area contributed by atoms with Gasteiger partial charge in [-0.15, -0.1) is 0 Å². The summed E-state index contributed by atoms with van der Waals surface area (Å²) >= 11 is 0. The zero-order valence-corrected chi connectivity index (χ0v) is 21.4. The van der Waals surface area contributed by atoms with Crippen LogP contribution in [-0.4, -0.2) is 44.0 Å². The van der Waals surface area contributed by atoms with Gasteiger partial charge in [-0.3, -0.25) is 14.9 Å². The van der Waals surface area contributed by atoms with Crippen molar-refractivity contribution >= 4 is 16.1 Å². The van der Waals surface area contributed by atoms with E-state index in [1.165, 1.54) is 54.6 Å². The number of nitro groups is 1. The fourth-order valence-corrected chi connectivity index (χ4v) is 5.44. The van der Waals surface area contributed by atoms with Crippen molar-refractivity contribution in [2.24, 2.45) is 0 Å². The van der Waals surface area contributed by atoms with E-state index in [4.69, 9.17) is 18.9 Å². The first-order chi connectivity index (χ1) is 18.2. The summed E-state index contributed by atoms with van der Waals surface area (Å²) in [6.07, 6.45) is 0.767. The maximum absolute atomic E-state index is 13.3. The summed E-state index contributed by atoms with van der Waals surface area (Å²) in [4.78, 5) is 19.8. The lowest BCUT2D eigenvalue weighted by Crippen LogP contribution is -2.53. The Morgan fingerprint density at radius 1 is 1.03 bits per heavy atom. The molecule has 0 bridgehead atoms. The quantitative estimate of drug-likeness (QED) is 0.152. The van der Waals surface area contributed by atoms with Gasteiger partial charge in [0.05, 0.1) is 12.0 Å². The minimum atomic E-state index is -4.44. The van der Waals surface area contributed by atoms with Crippen LogP contribution in [0.2, 0.25) is 0 Å². The third kappa shape index (κ3) is 5.24. The van der Waals surface area contributed by atoms with Crippen molar-refractivity contribution < 1.29 is 37.1 Å². The van der Waals surface area contributed by atoms with Crippen LogP contribution in [0, 0.1) is 10.1 Å². The molecule has 11 heteroatoms. The summed E-state index contributed by atoms with van der Waals surface area (Å²) in [7, 11) is -2.88. The average molecular weight is 540 g/mol. The van der Waals surface area contributed by atoms with Gasteiger partial charge in [0.2, 0.25) is 6.29 Å². The summed E-state index contributed by atoms with van der Waals surface area (Å²) in [5.74, 6) is 1.13. The Kier molecular flexibility index (Phi) is 7.79. The zero-order chi connectivity index (χ0) is 27.3. The van der Waals surface area contributed by atoms with E-state index in [0.29, 0.717) is 17.6 Å². The highest BCUT2D eigenvalue weighted by Crippen LogP contribution is 2.37. The summed E-state index contributed by atoms with van der Waals surface area (Å²) < 4.78 is 49.2. The normalized spacial score (nSPS) is 18.4. The fraction of sp³-hybridized carbons (Fsp3) is 0.222. The fourth-order valence-electron chi connectivity index (χ4n) is 3.81. The Hall–Kier alpha value is -4.22. The number of methoxy groups -OCH3 is 1. The molecule has 4 rings (SSSR count). The maximum Gasteiger partial charge on any atom is 0.349 e. The Morgan fingerprint density at radius 2 is 1.74 bits per heavy atom. The second-order valence-corrected chi connectivity index (χ2v) is 10.8. The van der Waals surface area contributed by atoms with Gasteiger partial charge in [-0.05, 0) is 60.2 Å². The first kappa shape index (κ1) is 26.8. The van der Waals surface area contributed by atoms with Crippen LogP contribution in [0.4, 0.5) is 0 Å². The summed E-state index contributed by atoms with van der Waals surface area (Å²) in [5.41, 5.74) is 1.18. The summed E-state index contributed by atoms with van der Waals surface area (Å²) in [5, 5.41) is 12.1. The molecule has 10 nitrogen and oxygen atoms in total. The lowest BCUT2D eigenvalue weighted by atomic mass is 10.2. The average Bonchev–Trinajstić information content (AvgIpc) is 3.41. The zero-order valence-electron chi connectivity index (χ0n) is 20.6. The maximum atomic E-state index is 13.3. The van der Waals surface area contributed by atoms with Gasteiger partial charge in [-0.1, -0.05) is 30.3 Å². The van der Waals surface area contributed by atoms with Crippen LogP contribution in [0.25, 0.3) is 0 Å². The number of aldehydes is 1. The number of carbonyl (C=O) groups excluding carboxylic acids is 1. The van der Waals surface area contributed by atoms with Crippen molar-refractivity contribution in [3.8, 4) is 17.2 Å². The molecule has 1 heterocycles. The molecule has 0 N–H and O–H groups in total. The van der Waals surface area contributed by atoms with Crippen LogP contribution in [0.1, 0.15) is 22.8 Å². The smallest absolute Gasteiger partial charge is 0.349 e. The molecule has 0 spiro atoms. The number of ether oxygens (including phenoxy) is 4. The first-order valence-corrected chi connectivity index (χ1v) is 13.0. The monoisotopic (exact) mass is 539 g/mol. The van der Waals surface area contributed by atoms with Crippen molar-refractivity contribution in [2.45, 2.75) is 35.7 Å². The molecule has 3 aromatic carbocycles. The number of rotatable bonds is 11. The molecule has 3 atom stereocenters. The van der Waals surface area contributed by atoms with E-state index in [2.05, 4.69) is 0 Å². The highest BCUT2D eigenvalue weighted by Gasteiger charge is 2.60. The lowest BCUT2D eigenvalue weighted by Gasteiger charge is -2.27. The van der Waals surface area contributed by atoms with E-state index < -0.39 is 32.0 Å². The van der Waals surface area contributed by atoms with Crippen LogP contribution in [0.3, 0.4) is 0 Å². The Morgan fingerprint density at radius 3 is 2.37 bits per heavy atom. The molecular weight excluding hydrogens is 514 g/mol. The van der Waals surface area contributed by atoms with Gasteiger partial charge in [0.1, 0.15) is 18.6 Å². The van der Waals surface area contributed by atoms with E-state index in [-0.39, 0.29) is 23.0 Å². The van der Waals surface area contributed by atoms with Crippen molar-refractivity contribution in [2.75, 3.05) is 7.11 Å². The van der Waals surface area contributed by atoms with Crippen molar-refractivity contribution in [3.05, 3.63) is 106 Å². The second-order valence-electron chi connectivity index (χ2n) is 8.52. The van der Waals surface area contributed by atoms with Crippen molar-refractivity contribution in [1.29, 1.82) is 0 Å². The van der Waals surface area contributed by atoms with Crippen LogP contribution in [0.5, 0.6) is 17.2 Å². The molecule has 0 saturated heterocycles. The Balaban J connectivity index is 1.53. The molecule has 0 fully saturated rings. The number of benzene rings is 3. The molecule has 198 valence electrons. The van der Waals surface area contributed by atoms with E-state index >= 15 is 0 Å². The van der Waals surface area contributed by atoms with E-state index in [1.807, 2.05) is 12.1 Å². The predicted octanol–water partition coefficient (Wildman–Crippen LogP) is 4.21. The van der Waals surface area contributed by atoms with Gasteiger partial charge in [-0.25, -0.2) is 8.42 Å². The largest absolute Gasteiger partial charge is 0.497 e. The van der Waals surface area contributed by atoms with Crippen LogP contribution in [-0.2, 0) is 21.2 Å². The number of carbonyl (C=O) groups is 1. The molecule has 0 saturated carbocycles. The molecule has 3 aromatic rings. The predicted molar refractivity (Wildman–Crippen MR) is 137 cm³/mol.